The second-order valence-electron chi connectivity index (χ2n) is 9.60. The smallest absolute Gasteiger partial charge is 0.309 e. The Bertz CT molecular complexity index is 789. The summed E-state index contributed by atoms with van der Waals surface area (Å²) in [5.74, 6) is 1.35. The highest BCUT2D eigenvalue weighted by atomic mass is 19.3. The Labute approximate surface area is 193 Å². The minimum atomic E-state index is -3.31. The van der Waals surface area contributed by atoms with E-state index in [-0.39, 0.29) is 5.56 Å². The fourth-order valence-electron chi connectivity index (χ4n) is 5.03. The average Bonchev–Trinajstić information content (AvgIpc) is 2.80. The largest absolute Gasteiger partial charge is 0.383 e. The monoisotopic (exact) mass is 442 g/mol. The molecule has 2 aromatic rings. The zero-order valence-corrected chi connectivity index (χ0v) is 20.1. The predicted molar refractivity (Wildman–Crippen MR) is 129 cm³/mol. The molecule has 3 rings (SSSR count). The lowest BCUT2D eigenvalue weighted by Gasteiger charge is -2.29. The Hall–Kier alpha value is -1.74. The summed E-state index contributed by atoms with van der Waals surface area (Å²) in [7, 11) is 0. The molecular weight excluding hydrogens is 402 g/mol. The Kier molecular flexibility index (Phi) is 9.28. The molecule has 1 saturated carbocycles. The Morgan fingerprint density at radius 3 is 2.12 bits per heavy atom. The SMILES string of the molecule is CCCCCc1ccc(C(C)OC(F)(F)c2ccc(C3CCC(CCC)CC3)cc2)cc1. The van der Waals surface area contributed by atoms with Crippen LogP contribution >= 0.6 is 0 Å². The van der Waals surface area contributed by atoms with Gasteiger partial charge in [-0.3, -0.25) is 0 Å². The number of hydrogen-bond acceptors (Lipinski definition) is 1. The molecule has 1 atom stereocenters. The van der Waals surface area contributed by atoms with Gasteiger partial charge < -0.3 is 4.74 Å². The Morgan fingerprint density at radius 2 is 1.53 bits per heavy atom. The van der Waals surface area contributed by atoms with Gasteiger partial charge in [-0.25, -0.2) is 0 Å². The van der Waals surface area contributed by atoms with Gasteiger partial charge in [-0.05, 0) is 74.0 Å². The molecule has 1 nitrogen and oxygen atoms in total. The highest BCUT2D eigenvalue weighted by molar-refractivity contribution is 5.28. The molecule has 1 aliphatic carbocycles. The van der Waals surface area contributed by atoms with Crippen molar-refractivity contribution in [2.75, 3.05) is 0 Å². The van der Waals surface area contributed by atoms with Gasteiger partial charge in [0, 0.05) is 0 Å². The van der Waals surface area contributed by atoms with Gasteiger partial charge in [0.05, 0.1) is 11.7 Å². The zero-order valence-electron chi connectivity index (χ0n) is 20.1. The van der Waals surface area contributed by atoms with E-state index >= 15 is 0 Å². The van der Waals surface area contributed by atoms with Crippen molar-refractivity contribution in [2.45, 2.75) is 103 Å². The first-order chi connectivity index (χ1) is 15.4. The summed E-state index contributed by atoms with van der Waals surface area (Å²) in [5, 5.41) is 0. The van der Waals surface area contributed by atoms with Gasteiger partial charge in [-0.1, -0.05) is 88.1 Å². The topological polar surface area (TPSA) is 9.23 Å². The van der Waals surface area contributed by atoms with E-state index in [0.717, 1.165) is 24.3 Å². The molecule has 0 radical (unpaired) electrons. The molecule has 3 heteroatoms. The van der Waals surface area contributed by atoms with Gasteiger partial charge in [0.2, 0.25) is 0 Å². The van der Waals surface area contributed by atoms with E-state index in [2.05, 4.69) is 13.8 Å². The van der Waals surface area contributed by atoms with Crippen LogP contribution in [0.25, 0.3) is 0 Å². The van der Waals surface area contributed by atoms with Crippen LogP contribution in [0.2, 0.25) is 0 Å². The number of halogens is 2. The normalized spacial score (nSPS) is 20.3. The van der Waals surface area contributed by atoms with Gasteiger partial charge in [-0.15, -0.1) is 0 Å². The Balaban J connectivity index is 1.56. The zero-order chi connectivity index (χ0) is 23.0. The Morgan fingerprint density at radius 1 is 0.875 bits per heavy atom. The van der Waals surface area contributed by atoms with Crippen LogP contribution in [0.3, 0.4) is 0 Å². The molecule has 0 amide bonds. The van der Waals surface area contributed by atoms with Crippen molar-refractivity contribution >= 4 is 0 Å². The fraction of sp³-hybridized carbons (Fsp3) is 0.586. The molecule has 0 aromatic heterocycles. The number of ether oxygens (including phenoxy) is 1. The molecule has 0 heterocycles. The first kappa shape index (κ1) is 24.9. The first-order valence-electron chi connectivity index (χ1n) is 12.7. The molecule has 0 spiro atoms. The third kappa shape index (κ3) is 6.88. The van der Waals surface area contributed by atoms with Crippen LogP contribution in [0.5, 0.6) is 0 Å². The minimum absolute atomic E-state index is 0.0658. The summed E-state index contributed by atoms with van der Waals surface area (Å²) in [6.45, 7) is 6.13. The second-order valence-corrected chi connectivity index (χ2v) is 9.60. The van der Waals surface area contributed by atoms with Crippen LogP contribution in [0.4, 0.5) is 8.78 Å². The van der Waals surface area contributed by atoms with Crippen molar-refractivity contribution in [3.63, 3.8) is 0 Å². The molecule has 0 N–H and O–H groups in total. The van der Waals surface area contributed by atoms with E-state index in [0.29, 0.717) is 5.92 Å². The van der Waals surface area contributed by atoms with Gasteiger partial charge in [0.15, 0.2) is 0 Å². The second kappa shape index (κ2) is 11.9. The summed E-state index contributed by atoms with van der Waals surface area (Å²) in [5.41, 5.74) is 3.15. The third-order valence-electron chi connectivity index (χ3n) is 7.10. The fourth-order valence-corrected chi connectivity index (χ4v) is 5.03. The van der Waals surface area contributed by atoms with Crippen molar-refractivity contribution in [1.29, 1.82) is 0 Å². The number of alkyl halides is 2. The van der Waals surface area contributed by atoms with Gasteiger partial charge >= 0.3 is 6.11 Å². The number of hydrogen-bond donors (Lipinski definition) is 0. The van der Waals surface area contributed by atoms with Crippen LogP contribution in [-0.4, -0.2) is 0 Å². The van der Waals surface area contributed by atoms with E-state index < -0.39 is 12.2 Å². The average molecular weight is 443 g/mol. The third-order valence-corrected chi connectivity index (χ3v) is 7.10. The quantitative estimate of drug-likeness (QED) is 0.315. The van der Waals surface area contributed by atoms with E-state index in [1.807, 2.05) is 36.4 Å². The van der Waals surface area contributed by atoms with E-state index in [1.165, 1.54) is 62.5 Å². The lowest BCUT2D eigenvalue weighted by Crippen LogP contribution is -2.20. The number of unbranched alkanes of at least 4 members (excludes halogenated alkanes) is 2. The number of benzene rings is 2. The molecule has 0 bridgehead atoms. The maximum Gasteiger partial charge on any atom is 0.383 e. The first-order valence-corrected chi connectivity index (χ1v) is 12.7. The maximum absolute atomic E-state index is 14.9. The standard InChI is InChI=1S/C29H40F2O/c1-4-6-7-9-24-10-14-25(15-11-24)22(3)32-29(30,31)28-20-18-27(19-21-28)26-16-12-23(8-5-2)13-17-26/h10-11,14-15,18-23,26H,4-9,12-13,16-17H2,1-3H3. The van der Waals surface area contributed by atoms with Crippen molar-refractivity contribution in [1.82, 2.24) is 0 Å². The van der Waals surface area contributed by atoms with Crippen molar-refractivity contribution < 1.29 is 13.5 Å². The van der Waals surface area contributed by atoms with Crippen molar-refractivity contribution in [2.24, 2.45) is 5.92 Å². The molecule has 0 saturated heterocycles. The summed E-state index contributed by atoms with van der Waals surface area (Å²) in [6.07, 6.45) is 8.04. The van der Waals surface area contributed by atoms with E-state index in [9.17, 15) is 8.78 Å². The van der Waals surface area contributed by atoms with Gasteiger partial charge in [0.25, 0.3) is 0 Å². The highest BCUT2D eigenvalue weighted by Crippen LogP contribution is 2.39. The minimum Gasteiger partial charge on any atom is -0.309 e. The summed E-state index contributed by atoms with van der Waals surface area (Å²) < 4.78 is 35.0. The molecule has 1 unspecified atom stereocenters. The highest BCUT2D eigenvalue weighted by Gasteiger charge is 2.35. The molecule has 0 aliphatic heterocycles. The van der Waals surface area contributed by atoms with Crippen LogP contribution in [-0.2, 0) is 17.3 Å². The molecule has 176 valence electrons. The lowest BCUT2D eigenvalue weighted by molar-refractivity contribution is -0.272. The predicted octanol–water partition coefficient (Wildman–Crippen LogP) is 9.32. The van der Waals surface area contributed by atoms with Crippen molar-refractivity contribution in [3.8, 4) is 0 Å². The van der Waals surface area contributed by atoms with Crippen LogP contribution < -0.4 is 0 Å². The molecular formula is C29H40F2O. The number of aryl methyl sites for hydroxylation is 1. The van der Waals surface area contributed by atoms with Gasteiger partial charge in [0.1, 0.15) is 0 Å². The van der Waals surface area contributed by atoms with Crippen molar-refractivity contribution in [3.05, 3.63) is 70.8 Å². The lowest BCUT2D eigenvalue weighted by atomic mass is 9.77. The van der Waals surface area contributed by atoms with E-state index in [4.69, 9.17) is 4.74 Å². The molecule has 32 heavy (non-hydrogen) atoms. The summed E-state index contributed by atoms with van der Waals surface area (Å²) >= 11 is 0. The van der Waals surface area contributed by atoms with Gasteiger partial charge in [-0.2, -0.15) is 8.78 Å². The maximum atomic E-state index is 14.9. The number of rotatable bonds is 11. The molecule has 2 aromatic carbocycles. The van der Waals surface area contributed by atoms with Crippen LogP contribution in [0.15, 0.2) is 48.5 Å². The summed E-state index contributed by atoms with van der Waals surface area (Å²) in [6, 6.07) is 14.8. The van der Waals surface area contributed by atoms with Crippen LogP contribution in [0, 0.1) is 5.92 Å². The van der Waals surface area contributed by atoms with Crippen LogP contribution in [0.1, 0.15) is 113 Å². The summed E-state index contributed by atoms with van der Waals surface area (Å²) in [4.78, 5) is 0. The van der Waals surface area contributed by atoms with E-state index in [1.54, 1.807) is 19.1 Å². The molecule has 1 aliphatic rings. The molecule has 1 fully saturated rings.